The zero-order chi connectivity index (χ0) is 31.7. The lowest BCUT2D eigenvalue weighted by atomic mass is 9.87. The fraction of sp³-hybridized carbons (Fsp3) is 0.636. The fourth-order valence-corrected chi connectivity index (χ4v) is 5.19. The van der Waals surface area contributed by atoms with E-state index in [1.807, 2.05) is 71.1 Å². The number of amides is 1. The van der Waals surface area contributed by atoms with Crippen LogP contribution in [0.1, 0.15) is 65.5 Å². The maximum Gasteiger partial charge on any atom is 0.410 e. The van der Waals surface area contributed by atoms with E-state index in [9.17, 15) is 14.7 Å². The number of carbonyl (C=O) groups excluding carboxylic acids is 2. The van der Waals surface area contributed by atoms with Gasteiger partial charge < -0.3 is 29.3 Å². The Morgan fingerprint density at radius 2 is 1.93 bits per heavy atom. The van der Waals surface area contributed by atoms with Crippen LogP contribution in [0.15, 0.2) is 48.2 Å². The molecule has 2 aliphatic heterocycles. The van der Waals surface area contributed by atoms with E-state index in [1.54, 1.807) is 24.1 Å². The number of anilines is 1. The van der Waals surface area contributed by atoms with Crippen LogP contribution in [0.25, 0.3) is 0 Å². The molecule has 0 spiro atoms. The van der Waals surface area contributed by atoms with Crippen LogP contribution in [-0.2, 0) is 14.3 Å². The molecular weight excluding hydrogens is 546 g/mol. The second-order valence-electron chi connectivity index (χ2n) is 12.7. The first kappa shape index (κ1) is 34.3. The maximum absolute atomic E-state index is 13.1. The van der Waals surface area contributed by atoms with Crippen LogP contribution in [0.4, 0.5) is 10.7 Å². The highest BCUT2D eigenvalue weighted by molar-refractivity contribution is 5.70. The topological polar surface area (TPSA) is 108 Å². The minimum Gasteiger partial charge on any atom is -0.457 e. The Morgan fingerprint density at radius 1 is 1.23 bits per heavy atom. The van der Waals surface area contributed by atoms with E-state index >= 15 is 0 Å². The number of likely N-dealkylation sites (N-methyl/N-ethyl adjacent to an activating group) is 1. The number of aromatic nitrogens is 2. The van der Waals surface area contributed by atoms with Crippen molar-refractivity contribution in [3.63, 3.8) is 0 Å². The van der Waals surface area contributed by atoms with Gasteiger partial charge in [0.25, 0.3) is 0 Å². The van der Waals surface area contributed by atoms with Crippen molar-refractivity contribution in [1.29, 1.82) is 0 Å². The Balaban J connectivity index is 1.81. The third-order valence-electron chi connectivity index (χ3n) is 8.32. The molecule has 1 aromatic heterocycles. The van der Waals surface area contributed by atoms with Crippen molar-refractivity contribution in [2.75, 3.05) is 52.2 Å². The molecular formula is C33H51N5O5. The van der Waals surface area contributed by atoms with Crippen LogP contribution < -0.4 is 4.90 Å². The molecule has 6 atom stereocenters. The predicted molar refractivity (Wildman–Crippen MR) is 169 cm³/mol. The quantitative estimate of drug-likeness (QED) is 0.286. The van der Waals surface area contributed by atoms with Gasteiger partial charge in [0.15, 0.2) is 6.10 Å². The summed E-state index contributed by atoms with van der Waals surface area (Å²) in [6, 6.07) is 1.91. The van der Waals surface area contributed by atoms with Crippen molar-refractivity contribution < 1.29 is 24.2 Å². The van der Waals surface area contributed by atoms with Crippen LogP contribution in [0.3, 0.4) is 0 Å². The monoisotopic (exact) mass is 597 g/mol. The SMILES string of the molecule is C/C(=C\C=C\C(C)c1ccnc(N(C)C)n1)[C@H]1OC(=O)C[C@H](C)CC[C@@](C)(O)[C@@H](OC(=O)N2CCN(C)CC2)/C=C/[C@@H]1C. The highest BCUT2D eigenvalue weighted by atomic mass is 16.6. The van der Waals surface area contributed by atoms with Crippen LogP contribution >= 0.6 is 0 Å². The minimum absolute atomic E-state index is 0.00253. The molecule has 43 heavy (non-hydrogen) atoms. The molecule has 2 aliphatic rings. The van der Waals surface area contributed by atoms with Crippen LogP contribution in [0.5, 0.6) is 0 Å². The summed E-state index contributed by atoms with van der Waals surface area (Å²) in [5.41, 5.74) is 0.503. The predicted octanol–water partition coefficient (Wildman–Crippen LogP) is 4.58. The highest BCUT2D eigenvalue weighted by Gasteiger charge is 2.36. The molecule has 1 amide bonds. The lowest BCUT2D eigenvalue weighted by Crippen LogP contribution is -2.50. The zero-order valence-corrected chi connectivity index (χ0v) is 27.2. The molecule has 0 bridgehead atoms. The lowest BCUT2D eigenvalue weighted by Gasteiger charge is -2.36. The summed E-state index contributed by atoms with van der Waals surface area (Å²) in [6.45, 7) is 12.4. The van der Waals surface area contributed by atoms with Crippen molar-refractivity contribution in [2.45, 2.75) is 77.6 Å². The Morgan fingerprint density at radius 3 is 2.60 bits per heavy atom. The number of esters is 1. The van der Waals surface area contributed by atoms with E-state index < -0.39 is 23.9 Å². The number of ether oxygens (including phenoxy) is 2. The second-order valence-corrected chi connectivity index (χ2v) is 12.7. The first-order valence-electron chi connectivity index (χ1n) is 15.4. The Kier molecular flexibility index (Phi) is 12.3. The molecule has 238 valence electrons. The van der Waals surface area contributed by atoms with Gasteiger partial charge in [-0.05, 0) is 57.4 Å². The van der Waals surface area contributed by atoms with E-state index in [2.05, 4.69) is 27.9 Å². The van der Waals surface area contributed by atoms with Gasteiger partial charge in [0.05, 0.1) is 5.69 Å². The van der Waals surface area contributed by atoms with Gasteiger partial charge >= 0.3 is 12.1 Å². The Hall–Kier alpha value is -3.24. The summed E-state index contributed by atoms with van der Waals surface area (Å²) in [5, 5.41) is 11.5. The number of nitrogens with zero attached hydrogens (tertiary/aromatic N) is 5. The van der Waals surface area contributed by atoms with Crippen molar-refractivity contribution in [2.24, 2.45) is 11.8 Å². The lowest BCUT2D eigenvalue weighted by molar-refractivity contribution is -0.150. The molecule has 0 aliphatic carbocycles. The number of cyclic esters (lactones) is 1. The van der Waals surface area contributed by atoms with Gasteiger partial charge in [-0.25, -0.2) is 14.8 Å². The average molecular weight is 598 g/mol. The third-order valence-corrected chi connectivity index (χ3v) is 8.32. The van der Waals surface area contributed by atoms with Crippen molar-refractivity contribution in [1.82, 2.24) is 19.8 Å². The summed E-state index contributed by atoms with van der Waals surface area (Å²) >= 11 is 0. The molecule has 0 radical (unpaired) electrons. The van der Waals surface area contributed by atoms with Crippen LogP contribution in [-0.4, -0.2) is 102 Å². The molecule has 0 saturated carbocycles. The van der Waals surface area contributed by atoms with Crippen molar-refractivity contribution in [3.05, 3.63) is 53.9 Å². The molecule has 1 unspecified atom stereocenters. The fourth-order valence-electron chi connectivity index (χ4n) is 5.19. The molecule has 1 saturated heterocycles. The van der Waals surface area contributed by atoms with Gasteiger partial charge in [-0.1, -0.05) is 45.1 Å². The van der Waals surface area contributed by atoms with Gasteiger partial charge in [0.1, 0.15) is 11.7 Å². The van der Waals surface area contributed by atoms with Gasteiger partial charge in [-0.3, -0.25) is 4.79 Å². The largest absolute Gasteiger partial charge is 0.457 e. The summed E-state index contributed by atoms with van der Waals surface area (Å²) in [7, 11) is 5.85. The molecule has 0 aromatic carbocycles. The summed E-state index contributed by atoms with van der Waals surface area (Å²) in [4.78, 5) is 40.7. The Bertz CT molecular complexity index is 1170. The van der Waals surface area contributed by atoms with Crippen molar-refractivity contribution in [3.8, 4) is 0 Å². The second kappa shape index (κ2) is 15.5. The van der Waals surface area contributed by atoms with Gasteiger partial charge in [-0.15, -0.1) is 0 Å². The van der Waals surface area contributed by atoms with E-state index in [4.69, 9.17) is 9.47 Å². The number of piperazine rings is 1. The summed E-state index contributed by atoms with van der Waals surface area (Å²) < 4.78 is 12.0. The summed E-state index contributed by atoms with van der Waals surface area (Å²) in [6.07, 6.45) is 10.8. The number of carbonyl (C=O) groups is 2. The van der Waals surface area contributed by atoms with E-state index in [-0.39, 0.29) is 30.1 Å². The molecule has 3 rings (SSSR count). The first-order valence-corrected chi connectivity index (χ1v) is 15.4. The van der Waals surface area contributed by atoms with Crippen molar-refractivity contribution >= 4 is 18.0 Å². The Labute approximate surface area is 257 Å². The number of allylic oxidation sites excluding steroid dienone is 3. The number of rotatable bonds is 6. The van der Waals surface area contributed by atoms with Gasteiger partial charge in [0.2, 0.25) is 5.95 Å². The number of aliphatic hydroxyl groups is 1. The van der Waals surface area contributed by atoms with E-state index in [0.717, 1.165) is 24.4 Å². The number of hydrogen-bond donors (Lipinski definition) is 1. The normalized spacial score (nSPS) is 29.7. The molecule has 1 N–H and O–H groups in total. The smallest absolute Gasteiger partial charge is 0.410 e. The third kappa shape index (κ3) is 10.2. The molecule has 10 heteroatoms. The first-order chi connectivity index (χ1) is 20.3. The molecule has 3 heterocycles. The highest BCUT2D eigenvalue weighted by Crippen LogP contribution is 2.29. The molecule has 10 nitrogen and oxygen atoms in total. The van der Waals surface area contributed by atoms with E-state index in [1.165, 1.54) is 0 Å². The minimum atomic E-state index is -1.29. The average Bonchev–Trinajstić information content (AvgIpc) is 2.96. The molecule has 1 fully saturated rings. The van der Waals surface area contributed by atoms with Gasteiger partial charge in [0, 0.05) is 64.7 Å². The van der Waals surface area contributed by atoms with E-state index in [0.29, 0.717) is 31.9 Å². The summed E-state index contributed by atoms with van der Waals surface area (Å²) in [5.74, 6) is 0.216. The van der Waals surface area contributed by atoms with Gasteiger partial charge in [-0.2, -0.15) is 0 Å². The zero-order valence-electron chi connectivity index (χ0n) is 27.2. The maximum atomic E-state index is 13.1. The van der Waals surface area contributed by atoms with Crippen LogP contribution in [0.2, 0.25) is 0 Å². The van der Waals surface area contributed by atoms with Crippen LogP contribution in [0, 0.1) is 11.8 Å². The standard InChI is InChI=1S/C33H51N5O5/c1-23-14-16-33(5,41)28(42-32(40)38-20-18-37(8)19-21-38)13-12-26(4)30(43-29(39)22-23)25(3)11-9-10-24(2)27-15-17-34-31(35-27)36(6)7/h9-13,15,17,23-24,26,28,30,41H,14,16,18-22H2,1-8H3/b10-9+,13-12+,25-11+/t23-,24?,26+,28+,30-,33-/m1/s1. The number of hydrogen-bond acceptors (Lipinski definition) is 9. The molecule has 1 aromatic rings.